The van der Waals surface area contributed by atoms with Crippen molar-refractivity contribution in [3.63, 3.8) is 0 Å². The zero-order valence-corrected chi connectivity index (χ0v) is 14.8. The SMILES string of the molecule is Cc1n[nH]c(C)c1CCCN(C)C(=O)c1cn(C)c2ccccc12. The summed E-state index contributed by atoms with van der Waals surface area (Å²) in [5, 5.41) is 8.25. The average Bonchev–Trinajstić information content (AvgIpc) is 3.08. The van der Waals surface area contributed by atoms with Crippen LogP contribution in [0.2, 0.25) is 0 Å². The summed E-state index contributed by atoms with van der Waals surface area (Å²) >= 11 is 0. The van der Waals surface area contributed by atoms with E-state index in [9.17, 15) is 4.79 Å². The number of hydrogen-bond donors (Lipinski definition) is 1. The Kier molecular flexibility index (Phi) is 4.42. The van der Waals surface area contributed by atoms with E-state index in [-0.39, 0.29) is 5.91 Å². The van der Waals surface area contributed by atoms with E-state index in [1.165, 1.54) is 5.56 Å². The van der Waals surface area contributed by atoms with Gasteiger partial charge in [0.2, 0.25) is 0 Å². The van der Waals surface area contributed by atoms with E-state index in [1.807, 2.05) is 67.9 Å². The maximum atomic E-state index is 12.8. The molecular formula is C19H24N4O. The number of H-pyrrole nitrogens is 1. The summed E-state index contributed by atoms with van der Waals surface area (Å²) in [5.41, 5.74) is 5.29. The number of rotatable bonds is 5. The van der Waals surface area contributed by atoms with Crippen molar-refractivity contribution in [1.82, 2.24) is 19.7 Å². The van der Waals surface area contributed by atoms with Crippen molar-refractivity contribution in [3.05, 3.63) is 53.0 Å². The van der Waals surface area contributed by atoms with Crippen molar-refractivity contribution in [1.29, 1.82) is 0 Å². The molecule has 0 saturated carbocycles. The number of amides is 1. The molecule has 3 rings (SSSR count). The van der Waals surface area contributed by atoms with E-state index in [1.54, 1.807) is 0 Å². The summed E-state index contributed by atoms with van der Waals surface area (Å²) in [6.45, 7) is 4.79. The largest absolute Gasteiger partial charge is 0.350 e. The Hall–Kier alpha value is -2.56. The maximum Gasteiger partial charge on any atom is 0.255 e. The fraction of sp³-hybridized carbons (Fsp3) is 0.368. The number of carbonyl (C=O) groups is 1. The number of nitrogens with zero attached hydrogens (tertiary/aromatic N) is 3. The maximum absolute atomic E-state index is 12.8. The highest BCUT2D eigenvalue weighted by Crippen LogP contribution is 2.21. The van der Waals surface area contributed by atoms with Gasteiger partial charge in [0.05, 0.1) is 11.3 Å². The van der Waals surface area contributed by atoms with Crippen LogP contribution >= 0.6 is 0 Å². The van der Waals surface area contributed by atoms with Crippen molar-refractivity contribution in [2.75, 3.05) is 13.6 Å². The number of aromatic amines is 1. The van der Waals surface area contributed by atoms with Gasteiger partial charge in [0.15, 0.2) is 0 Å². The van der Waals surface area contributed by atoms with Crippen LogP contribution in [0.4, 0.5) is 0 Å². The van der Waals surface area contributed by atoms with Crippen molar-refractivity contribution >= 4 is 16.8 Å². The van der Waals surface area contributed by atoms with Crippen LogP contribution in [-0.4, -0.2) is 39.2 Å². The molecule has 2 aromatic heterocycles. The molecule has 0 saturated heterocycles. The van der Waals surface area contributed by atoms with Crippen LogP contribution in [0.25, 0.3) is 10.9 Å². The van der Waals surface area contributed by atoms with Crippen LogP contribution < -0.4 is 0 Å². The Bertz CT molecular complexity index is 855. The van der Waals surface area contributed by atoms with Crippen molar-refractivity contribution in [2.45, 2.75) is 26.7 Å². The molecule has 1 N–H and O–H groups in total. The molecule has 0 aliphatic rings. The van der Waals surface area contributed by atoms with Gasteiger partial charge >= 0.3 is 0 Å². The summed E-state index contributed by atoms with van der Waals surface area (Å²) in [5.74, 6) is 0.0763. The summed E-state index contributed by atoms with van der Waals surface area (Å²) in [6.07, 6.45) is 3.78. The fourth-order valence-corrected chi connectivity index (χ4v) is 3.25. The number of hydrogen-bond acceptors (Lipinski definition) is 2. The third kappa shape index (κ3) is 2.94. The van der Waals surface area contributed by atoms with E-state index in [4.69, 9.17) is 0 Å². The summed E-state index contributed by atoms with van der Waals surface area (Å²) in [7, 11) is 3.85. The Morgan fingerprint density at radius 2 is 2.04 bits per heavy atom. The van der Waals surface area contributed by atoms with Gasteiger partial charge < -0.3 is 9.47 Å². The minimum absolute atomic E-state index is 0.0763. The van der Waals surface area contributed by atoms with Gasteiger partial charge in [-0.2, -0.15) is 5.10 Å². The van der Waals surface area contributed by atoms with Gasteiger partial charge in [-0.1, -0.05) is 18.2 Å². The molecule has 24 heavy (non-hydrogen) atoms. The van der Waals surface area contributed by atoms with Crippen molar-refractivity contribution in [2.24, 2.45) is 7.05 Å². The van der Waals surface area contributed by atoms with E-state index in [2.05, 4.69) is 10.2 Å². The summed E-state index contributed by atoms with van der Waals surface area (Å²) in [6, 6.07) is 8.02. The lowest BCUT2D eigenvalue weighted by Crippen LogP contribution is -2.28. The quantitative estimate of drug-likeness (QED) is 0.783. The lowest BCUT2D eigenvalue weighted by molar-refractivity contribution is 0.0795. The van der Waals surface area contributed by atoms with E-state index in [0.717, 1.165) is 47.2 Å². The van der Waals surface area contributed by atoms with Crippen LogP contribution in [0.5, 0.6) is 0 Å². The van der Waals surface area contributed by atoms with Crippen molar-refractivity contribution < 1.29 is 4.79 Å². The highest BCUT2D eigenvalue weighted by Gasteiger charge is 2.17. The number of aromatic nitrogens is 3. The molecule has 0 radical (unpaired) electrons. The van der Waals surface area contributed by atoms with Gasteiger partial charge in [-0.3, -0.25) is 9.89 Å². The van der Waals surface area contributed by atoms with E-state index >= 15 is 0 Å². The van der Waals surface area contributed by atoms with Crippen LogP contribution in [0.15, 0.2) is 30.5 Å². The molecule has 0 spiro atoms. The third-order valence-corrected chi connectivity index (χ3v) is 4.68. The van der Waals surface area contributed by atoms with Crippen LogP contribution in [0, 0.1) is 13.8 Å². The Morgan fingerprint density at radius 3 is 2.75 bits per heavy atom. The fourth-order valence-electron chi connectivity index (χ4n) is 3.25. The van der Waals surface area contributed by atoms with Gasteiger partial charge in [-0.05, 0) is 38.3 Å². The number of benzene rings is 1. The molecule has 126 valence electrons. The van der Waals surface area contributed by atoms with Crippen LogP contribution in [0.3, 0.4) is 0 Å². The molecule has 5 nitrogen and oxygen atoms in total. The number of nitrogens with one attached hydrogen (secondary N) is 1. The topological polar surface area (TPSA) is 53.9 Å². The second kappa shape index (κ2) is 6.51. The molecule has 0 aliphatic carbocycles. The normalized spacial score (nSPS) is 11.2. The monoisotopic (exact) mass is 324 g/mol. The first-order chi connectivity index (χ1) is 11.5. The third-order valence-electron chi connectivity index (χ3n) is 4.68. The van der Waals surface area contributed by atoms with Gasteiger partial charge in [-0.15, -0.1) is 0 Å². The van der Waals surface area contributed by atoms with E-state index < -0.39 is 0 Å². The first-order valence-corrected chi connectivity index (χ1v) is 8.29. The summed E-state index contributed by atoms with van der Waals surface area (Å²) in [4.78, 5) is 14.6. The predicted octanol–water partition coefficient (Wildman–Crippen LogP) is 3.22. The molecule has 1 amide bonds. The molecular weight excluding hydrogens is 300 g/mol. The van der Waals surface area contributed by atoms with Gasteiger partial charge in [0.1, 0.15) is 0 Å². The Labute approximate surface area is 142 Å². The molecule has 0 fully saturated rings. The molecule has 5 heteroatoms. The lowest BCUT2D eigenvalue weighted by atomic mass is 10.1. The van der Waals surface area contributed by atoms with Crippen LogP contribution in [0.1, 0.15) is 33.7 Å². The van der Waals surface area contributed by atoms with Crippen LogP contribution in [-0.2, 0) is 13.5 Å². The van der Waals surface area contributed by atoms with Gasteiger partial charge in [0, 0.05) is 43.4 Å². The van der Waals surface area contributed by atoms with Crippen molar-refractivity contribution in [3.8, 4) is 0 Å². The first-order valence-electron chi connectivity index (χ1n) is 8.29. The average molecular weight is 324 g/mol. The Morgan fingerprint density at radius 1 is 1.29 bits per heavy atom. The molecule has 0 aliphatic heterocycles. The number of fused-ring (bicyclic) bond motifs is 1. The molecule has 1 aromatic carbocycles. The highest BCUT2D eigenvalue weighted by molar-refractivity contribution is 6.06. The highest BCUT2D eigenvalue weighted by atomic mass is 16.2. The summed E-state index contributed by atoms with van der Waals surface area (Å²) < 4.78 is 2.01. The number of para-hydroxylation sites is 1. The van der Waals surface area contributed by atoms with Gasteiger partial charge in [0.25, 0.3) is 5.91 Å². The van der Waals surface area contributed by atoms with E-state index in [0.29, 0.717) is 0 Å². The molecule has 2 heterocycles. The minimum Gasteiger partial charge on any atom is -0.350 e. The first kappa shape index (κ1) is 16.3. The molecule has 0 bridgehead atoms. The second-order valence-electron chi connectivity index (χ2n) is 6.41. The molecule has 3 aromatic rings. The Balaban J connectivity index is 1.68. The lowest BCUT2D eigenvalue weighted by Gasteiger charge is -2.16. The second-order valence-corrected chi connectivity index (χ2v) is 6.41. The zero-order chi connectivity index (χ0) is 17.3. The number of carbonyl (C=O) groups excluding carboxylic acids is 1. The molecule has 0 unspecified atom stereocenters. The standard InChI is InChI=1S/C19H24N4O/c1-13-15(14(2)21-20-13)9-7-11-22(3)19(24)17-12-23(4)18-10-6-5-8-16(17)18/h5-6,8,10,12H,7,9,11H2,1-4H3,(H,20,21). The molecule has 0 atom stereocenters. The predicted molar refractivity (Wildman–Crippen MR) is 96.3 cm³/mol. The smallest absolute Gasteiger partial charge is 0.255 e. The number of aryl methyl sites for hydroxylation is 3. The minimum atomic E-state index is 0.0763. The van der Waals surface area contributed by atoms with Gasteiger partial charge in [-0.25, -0.2) is 0 Å². The zero-order valence-electron chi connectivity index (χ0n) is 14.8.